The molecule has 0 unspecified atom stereocenters. The van der Waals surface area contributed by atoms with E-state index in [1.807, 2.05) is 19.9 Å². The van der Waals surface area contributed by atoms with Crippen molar-refractivity contribution in [3.63, 3.8) is 0 Å². The molecule has 0 radical (unpaired) electrons. The van der Waals surface area contributed by atoms with Gasteiger partial charge in [-0.05, 0) is 31.5 Å². The number of hydrogen-bond acceptors (Lipinski definition) is 2. The van der Waals surface area contributed by atoms with E-state index in [1.165, 1.54) is 5.56 Å². The molecule has 0 aliphatic heterocycles. The topological polar surface area (TPSA) is 32.3 Å². The van der Waals surface area contributed by atoms with Gasteiger partial charge in [-0.25, -0.2) is 0 Å². The molecule has 0 spiro atoms. The zero-order valence-corrected chi connectivity index (χ0v) is 12.6. The first-order valence-corrected chi connectivity index (χ1v) is 6.69. The lowest BCUT2D eigenvalue weighted by atomic mass is 9.84. The van der Waals surface area contributed by atoms with Crippen LogP contribution in [0.1, 0.15) is 33.3 Å². The molecular formula is C14H22BrNO. The van der Waals surface area contributed by atoms with E-state index in [1.54, 1.807) is 0 Å². The van der Waals surface area contributed by atoms with E-state index in [9.17, 15) is 5.11 Å². The summed E-state index contributed by atoms with van der Waals surface area (Å²) in [6.45, 7) is 9.47. The lowest BCUT2D eigenvalue weighted by molar-refractivity contribution is 0.0785. The predicted molar refractivity (Wildman–Crippen MR) is 76.3 cm³/mol. The van der Waals surface area contributed by atoms with Crippen LogP contribution in [0.15, 0.2) is 28.7 Å². The predicted octanol–water partition coefficient (Wildman–Crippen LogP) is 3.09. The molecule has 0 fully saturated rings. The number of halogens is 1. The van der Waals surface area contributed by atoms with E-state index in [-0.39, 0.29) is 5.41 Å². The molecule has 2 nitrogen and oxygen atoms in total. The van der Waals surface area contributed by atoms with Gasteiger partial charge in [0.2, 0.25) is 0 Å². The van der Waals surface area contributed by atoms with Gasteiger partial charge in [-0.15, -0.1) is 0 Å². The van der Waals surface area contributed by atoms with Gasteiger partial charge in [-0.3, -0.25) is 0 Å². The summed E-state index contributed by atoms with van der Waals surface area (Å²) in [5.41, 5.74) is 0.678. The third-order valence-corrected chi connectivity index (χ3v) is 3.22. The minimum atomic E-state index is -0.659. The molecule has 17 heavy (non-hydrogen) atoms. The maximum Gasteiger partial charge on any atom is 0.0715 e. The number of rotatable bonds is 5. The summed E-state index contributed by atoms with van der Waals surface area (Å²) in [4.78, 5) is 0. The first kappa shape index (κ1) is 14.7. The second-order valence-corrected chi connectivity index (χ2v) is 6.73. The van der Waals surface area contributed by atoms with Crippen LogP contribution in [0.4, 0.5) is 0 Å². The van der Waals surface area contributed by atoms with Crippen LogP contribution in [0.25, 0.3) is 0 Å². The molecule has 0 aliphatic carbocycles. The van der Waals surface area contributed by atoms with Gasteiger partial charge < -0.3 is 10.4 Å². The summed E-state index contributed by atoms with van der Waals surface area (Å²) in [6.07, 6.45) is 0. The largest absolute Gasteiger partial charge is 0.389 e. The van der Waals surface area contributed by atoms with Crippen LogP contribution in [0.5, 0.6) is 0 Å². The summed E-state index contributed by atoms with van der Waals surface area (Å²) in [5, 5.41) is 13.0. The zero-order valence-electron chi connectivity index (χ0n) is 11.0. The van der Waals surface area contributed by atoms with Crippen molar-refractivity contribution in [1.82, 2.24) is 5.32 Å². The van der Waals surface area contributed by atoms with Crippen molar-refractivity contribution in [3.05, 3.63) is 34.3 Å². The van der Waals surface area contributed by atoms with Crippen LogP contribution in [0.3, 0.4) is 0 Å². The average molecular weight is 300 g/mol. The molecule has 0 bridgehead atoms. The molecule has 0 heterocycles. The molecule has 1 rings (SSSR count). The first-order chi connectivity index (χ1) is 7.71. The van der Waals surface area contributed by atoms with Gasteiger partial charge in [0.05, 0.1) is 5.60 Å². The van der Waals surface area contributed by atoms with Crippen molar-refractivity contribution in [2.24, 2.45) is 0 Å². The lowest BCUT2D eigenvalue weighted by Crippen LogP contribution is -2.41. The van der Waals surface area contributed by atoms with Gasteiger partial charge in [0.25, 0.3) is 0 Å². The number of aliphatic hydroxyl groups is 1. The summed E-state index contributed by atoms with van der Waals surface area (Å²) in [5.74, 6) is 0. The SMILES string of the molecule is CC(C)(O)CNCC(C)(C)c1cccc(Br)c1. The van der Waals surface area contributed by atoms with Crippen molar-refractivity contribution in [2.45, 2.75) is 38.7 Å². The summed E-state index contributed by atoms with van der Waals surface area (Å²) in [6, 6.07) is 8.36. The van der Waals surface area contributed by atoms with E-state index in [2.05, 4.69) is 53.3 Å². The second kappa shape index (κ2) is 5.51. The molecular weight excluding hydrogens is 278 g/mol. The molecule has 1 aromatic rings. The van der Waals surface area contributed by atoms with E-state index in [0.29, 0.717) is 6.54 Å². The third-order valence-electron chi connectivity index (χ3n) is 2.73. The third kappa shape index (κ3) is 5.19. The molecule has 96 valence electrons. The normalized spacial score (nSPS) is 12.8. The highest BCUT2D eigenvalue weighted by Crippen LogP contribution is 2.25. The van der Waals surface area contributed by atoms with E-state index in [0.717, 1.165) is 11.0 Å². The molecule has 2 N–H and O–H groups in total. The van der Waals surface area contributed by atoms with Crippen molar-refractivity contribution < 1.29 is 5.11 Å². The summed E-state index contributed by atoms with van der Waals surface area (Å²) in [7, 11) is 0. The van der Waals surface area contributed by atoms with Crippen LogP contribution in [0, 0.1) is 0 Å². The minimum absolute atomic E-state index is 0.0506. The van der Waals surface area contributed by atoms with Crippen molar-refractivity contribution in [1.29, 1.82) is 0 Å². The highest BCUT2D eigenvalue weighted by Gasteiger charge is 2.21. The van der Waals surface area contributed by atoms with Crippen LogP contribution in [0.2, 0.25) is 0 Å². The second-order valence-electron chi connectivity index (χ2n) is 5.81. The van der Waals surface area contributed by atoms with Crippen molar-refractivity contribution in [2.75, 3.05) is 13.1 Å². The highest BCUT2D eigenvalue weighted by molar-refractivity contribution is 9.10. The van der Waals surface area contributed by atoms with Crippen molar-refractivity contribution in [3.8, 4) is 0 Å². The number of benzene rings is 1. The zero-order chi connectivity index (χ0) is 13.1. The van der Waals surface area contributed by atoms with Gasteiger partial charge >= 0.3 is 0 Å². The summed E-state index contributed by atoms with van der Waals surface area (Å²) >= 11 is 3.49. The van der Waals surface area contributed by atoms with Gasteiger partial charge in [-0.1, -0.05) is 41.9 Å². The van der Waals surface area contributed by atoms with Gasteiger partial charge in [0.1, 0.15) is 0 Å². The molecule has 0 amide bonds. The van der Waals surface area contributed by atoms with Crippen LogP contribution in [-0.4, -0.2) is 23.8 Å². The fourth-order valence-electron chi connectivity index (χ4n) is 1.69. The van der Waals surface area contributed by atoms with Gasteiger partial charge in [-0.2, -0.15) is 0 Å². The summed E-state index contributed by atoms with van der Waals surface area (Å²) < 4.78 is 1.10. The molecule has 0 saturated carbocycles. The minimum Gasteiger partial charge on any atom is -0.389 e. The molecule has 0 aromatic heterocycles. The van der Waals surface area contributed by atoms with Crippen LogP contribution >= 0.6 is 15.9 Å². The van der Waals surface area contributed by atoms with Gasteiger partial charge in [0.15, 0.2) is 0 Å². The van der Waals surface area contributed by atoms with Crippen LogP contribution < -0.4 is 5.32 Å². The number of nitrogens with one attached hydrogen (secondary N) is 1. The Labute approximate surface area is 113 Å². The number of hydrogen-bond donors (Lipinski definition) is 2. The lowest BCUT2D eigenvalue weighted by Gasteiger charge is -2.28. The van der Waals surface area contributed by atoms with E-state index < -0.39 is 5.60 Å². The quantitative estimate of drug-likeness (QED) is 0.876. The smallest absolute Gasteiger partial charge is 0.0715 e. The molecule has 0 aliphatic rings. The maximum absolute atomic E-state index is 9.66. The fourth-order valence-corrected chi connectivity index (χ4v) is 2.09. The van der Waals surface area contributed by atoms with Crippen LogP contribution in [-0.2, 0) is 5.41 Å². The van der Waals surface area contributed by atoms with E-state index >= 15 is 0 Å². The Morgan fingerprint density at radius 1 is 1.18 bits per heavy atom. The average Bonchev–Trinajstić information content (AvgIpc) is 2.15. The Hall–Kier alpha value is -0.380. The standard InChI is InChI=1S/C14H22BrNO/c1-13(2,9-16-10-14(3,4)17)11-6-5-7-12(15)8-11/h5-8,16-17H,9-10H2,1-4H3. The molecule has 1 aromatic carbocycles. The van der Waals surface area contributed by atoms with E-state index in [4.69, 9.17) is 0 Å². The molecule has 0 atom stereocenters. The Morgan fingerprint density at radius 3 is 2.35 bits per heavy atom. The Kier molecular flexibility index (Phi) is 4.76. The van der Waals surface area contributed by atoms with Gasteiger partial charge in [0, 0.05) is 23.0 Å². The first-order valence-electron chi connectivity index (χ1n) is 5.90. The Balaban J connectivity index is 2.62. The Morgan fingerprint density at radius 2 is 1.82 bits per heavy atom. The molecule has 0 saturated heterocycles. The maximum atomic E-state index is 9.66. The monoisotopic (exact) mass is 299 g/mol. The van der Waals surface area contributed by atoms with Crippen molar-refractivity contribution >= 4 is 15.9 Å². The fraction of sp³-hybridized carbons (Fsp3) is 0.571. The highest BCUT2D eigenvalue weighted by atomic mass is 79.9. The molecule has 3 heteroatoms. The Bertz CT molecular complexity index is 369.